The first-order valence-corrected chi connectivity index (χ1v) is 4.85. The van der Waals surface area contributed by atoms with Crippen LogP contribution in [-0.2, 0) is 4.74 Å². The van der Waals surface area contributed by atoms with Crippen LogP contribution >= 0.6 is 0 Å². The van der Waals surface area contributed by atoms with E-state index < -0.39 is 0 Å². The first kappa shape index (κ1) is 9.96. The van der Waals surface area contributed by atoms with Gasteiger partial charge < -0.3 is 15.2 Å². The minimum Gasteiger partial charge on any atom is -0.394 e. The van der Waals surface area contributed by atoms with E-state index in [0.29, 0.717) is 12.6 Å². The van der Waals surface area contributed by atoms with Gasteiger partial charge in [0.1, 0.15) is 0 Å². The van der Waals surface area contributed by atoms with Crippen LogP contribution in [-0.4, -0.2) is 37.5 Å². The third-order valence-electron chi connectivity index (χ3n) is 2.22. The predicted octanol–water partition coefficient (Wildman–Crippen LogP) is 0.528. The standard InChI is InChI=1S/C9H19NO2/c11-6-7-12-8-9-4-2-1-3-5-10-9/h9-11H,1-8H2. The van der Waals surface area contributed by atoms with Crippen LogP contribution in [0, 0.1) is 0 Å². The highest BCUT2D eigenvalue weighted by Crippen LogP contribution is 2.08. The highest BCUT2D eigenvalue weighted by Gasteiger charge is 2.10. The molecule has 1 atom stereocenters. The summed E-state index contributed by atoms with van der Waals surface area (Å²) >= 11 is 0. The Bertz CT molecular complexity index is 101. The van der Waals surface area contributed by atoms with Crippen molar-refractivity contribution in [2.75, 3.05) is 26.4 Å². The molecule has 3 heteroatoms. The molecule has 12 heavy (non-hydrogen) atoms. The third-order valence-corrected chi connectivity index (χ3v) is 2.22. The maximum Gasteiger partial charge on any atom is 0.0698 e. The van der Waals surface area contributed by atoms with Crippen LogP contribution in [0.3, 0.4) is 0 Å². The molecular formula is C9H19NO2. The summed E-state index contributed by atoms with van der Waals surface area (Å²) in [6.07, 6.45) is 5.14. The molecule has 1 fully saturated rings. The number of rotatable bonds is 4. The fourth-order valence-electron chi connectivity index (χ4n) is 1.53. The van der Waals surface area contributed by atoms with Crippen LogP contribution in [0.15, 0.2) is 0 Å². The van der Waals surface area contributed by atoms with E-state index in [-0.39, 0.29) is 6.61 Å². The minimum absolute atomic E-state index is 0.132. The lowest BCUT2D eigenvalue weighted by atomic mass is 10.1. The number of hydrogen-bond donors (Lipinski definition) is 2. The molecule has 0 aromatic carbocycles. The summed E-state index contributed by atoms with van der Waals surface area (Å²) < 4.78 is 5.27. The maximum atomic E-state index is 8.51. The second kappa shape index (κ2) is 6.40. The summed E-state index contributed by atoms with van der Waals surface area (Å²) in [6, 6.07) is 0.513. The zero-order valence-corrected chi connectivity index (χ0v) is 7.59. The van der Waals surface area contributed by atoms with Crippen molar-refractivity contribution >= 4 is 0 Å². The number of ether oxygens (including phenoxy) is 1. The lowest BCUT2D eigenvalue weighted by molar-refractivity contribution is 0.0760. The molecule has 0 aromatic rings. The molecule has 0 saturated carbocycles. The highest BCUT2D eigenvalue weighted by atomic mass is 16.5. The summed E-state index contributed by atoms with van der Waals surface area (Å²) in [4.78, 5) is 0. The molecule has 0 amide bonds. The third kappa shape index (κ3) is 4.04. The van der Waals surface area contributed by atoms with E-state index in [2.05, 4.69) is 5.32 Å². The molecule has 0 bridgehead atoms. The minimum atomic E-state index is 0.132. The van der Waals surface area contributed by atoms with E-state index in [1.165, 1.54) is 25.7 Å². The van der Waals surface area contributed by atoms with Crippen molar-refractivity contribution in [3.63, 3.8) is 0 Å². The molecule has 1 saturated heterocycles. The van der Waals surface area contributed by atoms with Crippen molar-refractivity contribution < 1.29 is 9.84 Å². The SMILES string of the molecule is OCCOCC1CCCCCN1. The van der Waals surface area contributed by atoms with E-state index >= 15 is 0 Å². The van der Waals surface area contributed by atoms with E-state index in [0.717, 1.165) is 13.2 Å². The second-order valence-corrected chi connectivity index (χ2v) is 3.30. The molecule has 0 radical (unpaired) electrons. The van der Waals surface area contributed by atoms with Gasteiger partial charge in [-0.3, -0.25) is 0 Å². The van der Waals surface area contributed by atoms with Crippen molar-refractivity contribution in [2.24, 2.45) is 0 Å². The molecule has 0 spiro atoms. The van der Waals surface area contributed by atoms with Crippen LogP contribution in [0.25, 0.3) is 0 Å². The van der Waals surface area contributed by atoms with Crippen LogP contribution in [0.2, 0.25) is 0 Å². The average Bonchev–Trinajstić information content (AvgIpc) is 2.33. The van der Waals surface area contributed by atoms with Gasteiger partial charge in [0.15, 0.2) is 0 Å². The summed E-state index contributed by atoms with van der Waals surface area (Å²) in [5.74, 6) is 0. The van der Waals surface area contributed by atoms with Crippen molar-refractivity contribution in [2.45, 2.75) is 31.7 Å². The van der Waals surface area contributed by atoms with E-state index in [1.807, 2.05) is 0 Å². The van der Waals surface area contributed by atoms with Crippen LogP contribution in [0.4, 0.5) is 0 Å². The van der Waals surface area contributed by atoms with Gasteiger partial charge in [-0.2, -0.15) is 0 Å². The second-order valence-electron chi connectivity index (χ2n) is 3.30. The molecule has 0 aliphatic carbocycles. The summed E-state index contributed by atoms with van der Waals surface area (Å²) in [6.45, 7) is 2.47. The first-order chi connectivity index (χ1) is 5.93. The van der Waals surface area contributed by atoms with Crippen molar-refractivity contribution in [1.82, 2.24) is 5.32 Å². The lowest BCUT2D eigenvalue weighted by Gasteiger charge is -2.14. The molecule has 1 rings (SSSR count). The van der Waals surface area contributed by atoms with Gasteiger partial charge in [-0.05, 0) is 19.4 Å². The van der Waals surface area contributed by atoms with Gasteiger partial charge in [0, 0.05) is 6.04 Å². The molecular weight excluding hydrogens is 154 g/mol. The fraction of sp³-hybridized carbons (Fsp3) is 1.00. The van der Waals surface area contributed by atoms with Gasteiger partial charge in [0.25, 0.3) is 0 Å². The fourth-order valence-corrected chi connectivity index (χ4v) is 1.53. The summed E-state index contributed by atoms with van der Waals surface area (Å²) in [5.41, 5.74) is 0. The van der Waals surface area contributed by atoms with Crippen molar-refractivity contribution in [3.05, 3.63) is 0 Å². The Hall–Kier alpha value is -0.120. The Morgan fingerprint density at radius 1 is 1.33 bits per heavy atom. The predicted molar refractivity (Wildman–Crippen MR) is 48.2 cm³/mol. The molecule has 2 N–H and O–H groups in total. The van der Waals surface area contributed by atoms with E-state index in [9.17, 15) is 0 Å². The molecule has 72 valence electrons. The Labute approximate surface area is 74.1 Å². The molecule has 1 aliphatic rings. The monoisotopic (exact) mass is 173 g/mol. The van der Waals surface area contributed by atoms with Crippen molar-refractivity contribution in [1.29, 1.82) is 0 Å². The Balaban J connectivity index is 2.04. The van der Waals surface area contributed by atoms with Crippen LogP contribution in [0.1, 0.15) is 25.7 Å². The van der Waals surface area contributed by atoms with E-state index in [4.69, 9.17) is 9.84 Å². The zero-order chi connectivity index (χ0) is 8.65. The molecule has 1 unspecified atom stereocenters. The first-order valence-electron chi connectivity index (χ1n) is 4.85. The highest BCUT2D eigenvalue weighted by molar-refractivity contribution is 4.69. The topological polar surface area (TPSA) is 41.5 Å². The number of aliphatic hydroxyl groups excluding tert-OH is 1. The zero-order valence-electron chi connectivity index (χ0n) is 7.59. The Kier molecular flexibility index (Phi) is 5.32. The van der Waals surface area contributed by atoms with Gasteiger partial charge in [-0.15, -0.1) is 0 Å². The number of nitrogens with one attached hydrogen (secondary N) is 1. The molecule has 3 nitrogen and oxygen atoms in total. The average molecular weight is 173 g/mol. The van der Waals surface area contributed by atoms with Gasteiger partial charge in [-0.25, -0.2) is 0 Å². The summed E-state index contributed by atoms with van der Waals surface area (Å²) in [5, 5.41) is 11.9. The van der Waals surface area contributed by atoms with Crippen molar-refractivity contribution in [3.8, 4) is 0 Å². The van der Waals surface area contributed by atoms with Crippen LogP contribution in [0.5, 0.6) is 0 Å². The van der Waals surface area contributed by atoms with E-state index in [1.54, 1.807) is 0 Å². The number of hydrogen-bond acceptors (Lipinski definition) is 3. The van der Waals surface area contributed by atoms with Gasteiger partial charge in [0.2, 0.25) is 0 Å². The normalized spacial score (nSPS) is 25.2. The lowest BCUT2D eigenvalue weighted by Crippen LogP contribution is -2.32. The Morgan fingerprint density at radius 2 is 2.25 bits per heavy atom. The smallest absolute Gasteiger partial charge is 0.0698 e. The maximum absolute atomic E-state index is 8.51. The van der Waals surface area contributed by atoms with Gasteiger partial charge in [-0.1, -0.05) is 12.8 Å². The molecule has 1 aliphatic heterocycles. The largest absolute Gasteiger partial charge is 0.394 e. The summed E-state index contributed by atoms with van der Waals surface area (Å²) in [7, 11) is 0. The Morgan fingerprint density at radius 3 is 3.08 bits per heavy atom. The molecule has 0 aromatic heterocycles. The quantitative estimate of drug-likeness (QED) is 0.609. The molecule has 1 heterocycles. The number of aliphatic hydroxyl groups is 1. The van der Waals surface area contributed by atoms with Gasteiger partial charge >= 0.3 is 0 Å². The van der Waals surface area contributed by atoms with Gasteiger partial charge in [0.05, 0.1) is 19.8 Å². The van der Waals surface area contributed by atoms with Crippen LogP contribution < -0.4 is 5.32 Å².